The molecule has 2 aromatic rings. The van der Waals surface area contributed by atoms with Gasteiger partial charge in [-0.25, -0.2) is 0 Å². The number of carboxylic acid groups (broad SMARTS) is 1. The van der Waals surface area contributed by atoms with Crippen molar-refractivity contribution in [2.45, 2.75) is 45.3 Å². The van der Waals surface area contributed by atoms with E-state index in [4.69, 9.17) is 5.11 Å². The van der Waals surface area contributed by atoms with E-state index < -0.39 is 48.2 Å². The van der Waals surface area contributed by atoms with E-state index in [9.17, 15) is 24.0 Å². The number of para-hydroxylation sites is 1. The van der Waals surface area contributed by atoms with Crippen LogP contribution in [0.1, 0.15) is 37.7 Å². The van der Waals surface area contributed by atoms with Gasteiger partial charge in [-0.2, -0.15) is 0 Å². The summed E-state index contributed by atoms with van der Waals surface area (Å²) < 4.78 is 0. The standard InChI is InChI=1S/C21H26N4O6/c1-11(2)18(25-20(30)16-8-13-6-4-5-7-15(13)24-16)21(31)22-12(3)19(29)23-14(10-26)9-17(27)28/h4-8,10-12,14,18,24H,9H2,1-3H3,(H,22,31)(H,23,29)(H,25,30)(H,27,28)/t12-,14-,18-/m0/s1. The zero-order chi connectivity index (χ0) is 23.1. The van der Waals surface area contributed by atoms with Crippen LogP contribution in [0.4, 0.5) is 0 Å². The van der Waals surface area contributed by atoms with Crippen LogP contribution in [0.15, 0.2) is 30.3 Å². The molecule has 0 aliphatic carbocycles. The molecular formula is C21H26N4O6. The van der Waals surface area contributed by atoms with Crippen molar-refractivity contribution >= 4 is 40.9 Å². The van der Waals surface area contributed by atoms with Gasteiger partial charge in [0.1, 0.15) is 24.1 Å². The number of fused-ring (bicyclic) bond motifs is 1. The Morgan fingerprint density at radius 3 is 2.29 bits per heavy atom. The summed E-state index contributed by atoms with van der Waals surface area (Å²) in [7, 11) is 0. The number of carbonyl (C=O) groups excluding carboxylic acids is 4. The number of aromatic amines is 1. The molecule has 3 amide bonds. The second-order valence-electron chi connectivity index (χ2n) is 7.54. The van der Waals surface area contributed by atoms with Crippen molar-refractivity contribution in [2.75, 3.05) is 0 Å². The third kappa shape index (κ3) is 6.39. The highest BCUT2D eigenvalue weighted by atomic mass is 16.4. The largest absolute Gasteiger partial charge is 0.481 e. The van der Waals surface area contributed by atoms with E-state index in [2.05, 4.69) is 20.9 Å². The summed E-state index contributed by atoms with van der Waals surface area (Å²) in [5.41, 5.74) is 1.09. The number of hydrogen-bond acceptors (Lipinski definition) is 5. The van der Waals surface area contributed by atoms with Gasteiger partial charge in [-0.15, -0.1) is 0 Å². The van der Waals surface area contributed by atoms with Crippen molar-refractivity contribution in [3.63, 3.8) is 0 Å². The SMILES string of the molecule is CC(C)[C@H](NC(=O)c1cc2ccccc2[nH]1)C(=O)N[C@@H](C)C(=O)N[C@H](C=O)CC(=O)O. The lowest BCUT2D eigenvalue weighted by Crippen LogP contribution is -2.55. The third-order valence-corrected chi connectivity index (χ3v) is 4.65. The first kappa shape index (κ1) is 23.6. The molecule has 0 saturated carbocycles. The van der Waals surface area contributed by atoms with E-state index in [1.165, 1.54) is 6.92 Å². The predicted octanol–water partition coefficient (Wildman–Crippen LogP) is 0.585. The predicted molar refractivity (Wildman–Crippen MR) is 112 cm³/mol. The number of aromatic nitrogens is 1. The van der Waals surface area contributed by atoms with Crippen LogP contribution in [0, 0.1) is 5.92 Å². The molecule has 2 rings (SSSR count). The van der Waals surface area contributed by atoms with Crippen LogP contribution < -0.4 is 16.0 Å². The number of H-pyrrole nitrogens is 1. The van der Waals surface area contributed by atoms with Gasteiger partial charge in [0.2, 0.25) is 11.8 Å². The highest BCUT2D eigenvalue weighted by Crippen LogP contribution is 2.15. The quantitative estimate of drug-likeness (QED) is 0.347. The van der Waals surface area contributed by atoms with Gasteiger partial charge in [0.15, 0.2) is 0 Å². The highest BCUT2D eigenvalue weighted by molar-refractivity contribution is 6.00. The summed E-state index contributed by atoms with van der Waals surface area (Å²) in [4.78, 5) is 62.2. The summed E-state index contributed by atoms with van der Waals surface area (Å²) >= 11 is 0. The van der Waals surface area contributed by atoms with E-state index >= 15 is 0 Å². The molecule has 1 heterocycles. The first-order valence-electron chi connectivity index (χ1n) is 9.78. The van der Waals surface area contributed by atoms with Gasteiger partial charge in [0.05, 0.1) is 12.5 Å². The van der Waals surface area contributed by atoms with Gasteiger partial charge in [0, 0.05) is 10.9 Å². The zero-order valence-electron chi connectivity index (χ0n) is 17.5. The van der Waals surface area contributed by atoms with Crippen molar-refractivity contribution in [1.82, 2.24) is 20.9 Å². The zero-order valence-corrected chi connectivity index (χ0v) is 17.5. The molecule has 0 saturated heterocycles. The molecule has 10 heteroatoms. The van der Waals surface area contributed by atoms with Crippen LogP contribution in [0.25, 0.3) is 10.9 Å². The topological polar surface area (TPSA) is 157 Å². The average molecular weight is 430 g/mol. The highest BCUT2D eigenvalue weighted by Gasteiger charge is 2.28. The molecule has 0 unspecified atom stereocenters. The van der Waals surface area contributed by atoms with Gasteiger partial charge in [0.25, 0.3) is 5.91 Å². The maximum Gasteiger partial charge on any atom is 0.305 e. The minimum absolute atomic E-state index is 0.279. The van der Waals surface area contributed by atoms with Crippen LogP contribution in [0.5, 0.6) is 0 Å². The fourth-order valence-electron chi connectivity index (χ4n) is 2.95. The summed E-state index contributed by atoms with van der Waals surface area (Å²) in [6.07, 6.45) is -0.247. The molecular weight excluding hydrogens is 404 g/mol. The number of nitrogens with one attached hydrogen (secondary N) is 4. The molecule has 1 aromatic carbocycles. The van der Waals surface area contributed by atoms with Gasteiger partial charge in [-0.3, -0.25) is 19.2 Å². The second kappa shape index (κ2) is 10.4. The van der Waals surface area contributed by atoms with Crippen molar-refractivity contribution in [3.8, 4) is 0 Å². The summed E-state index contributed by atoms with van der Waals surface area (Å²) in [6.45, 7) is 4.89. The Balaban J connectivity index is 2.02. The van der Waals surface area contributed by atoms with Gasteiger partial charge in [-0.1, -0.05) is 32.0 Å². The summed E-state index contributed by atoms with van der Waals surface area (Å²) in [6, 6.07) is 5.88. The number of benzene rings is 1. The lowest BCUT2D eigenvalue weighted by molar-refractivity contribution is -0.139. The summed E-state index contributed by atoms with van der Waals surface area (Å²) in [5.74, 6) is -3.28. The molecule has 31 heavy (non-hydrogen) atoms. The molecule has 3 atom stereocenters. The Morgan fingerprint density at radius 2 is 1.71 bits per heavy atom. The lowest BCUT2D eigenvalue weighted by atomic mass is 10.0. The number of hydrogen-bond donors (Lipinski definition) is 5. The maximum atomic E-state index is 12.7. The Morgan fingerprint density at radius 1 is 1.03 bits per heavy atom. The molecule has 0 radical (unpaired) electrons. The van der Waals surface area contributed by atoms with Crippen LogP contribution in [0.3, 0.4) is 0 Å². The minimum atomic E-state index is -1.24. The monoisotopic (exact) mass is 430 g/mol. The Hall–Kier alpha value is -3.69. The number of rotatable bonds is 10. The molecule has 0 spiro atoms. The van der Waals surface area contributed by atoms with Crippen molar-refractivity contribution in [2.24, 2.45) is 5.92 Å². The van der Waals surface area contributed by atoms with E-state index in [0.29, 0.717) is 12.0 Å². The molecule has 166 valence electrons. The maximum absolute atomic E-state index is 12.7. The molecule has 0 aliphatic rings. The molecule has 0 bridgehead atoms. The Bertz CT molecular complexity index is 950. The first-order valence-corrected chi connectivity index (χ1v) is 9.78. The van der Waals surface area contributed by atoms with Gasteiger partial charge < -0.3 is 30.8 Å². The number of amides is 3. The van der Waals surface area contributed by atoms with Crippen molar-refractivity contribution < 1.29 is 29.1 Å². The smallest absolute Gasteiger partial charge is 0.305 e. The molecule has 1 aromatic heterocycles. The van der Waals surface area contributed by atoms with E-state index in [1.54, 1.807) is 19.9 Å². The number of aliphatic carboxylic acids is 1. The fraction of sp³-hybridized carbons (Fsp3) is 0.381. The fourth-order valence-corrected chi connectivity index (χ4v) is 2.95. The van der Waals surface area contributed by atoms with E-state index in [1.807, 2.05) is 24.3 Å². The van der Waals surface area contributed by atoms with Gasteiger partial charge in [-0.05, 0) is 25.0 Å². The van der Waals surface area contributed by atoms with Gasteiger partial charge >= 0.3 is 5.97 Å². The van der Waals surface area contributed by atoms with Crippen LogP contribution in [-0.4, -0.2) is 58.2 Å². The van der Waals surface area contributed by atoms with E-state index in [0.717, 1.165) is 10.9 Å². The van der Waals surface area contributed by atoms with Crippen LogP contribution in [0.2, 0.25) is 0 Å². The van der Waals surface area contributed by atoms with Crippen molar-refractivity contribution in [1.29, 1.82) is 0 Å². The second-order valence-corrected chi connectivity index (χ2v) is 7.54. The third-order valence-electron chi connectivity index (χ3n) is 4.65. The summed E-state index contributed by atoms with van der Waals surface area (Å²) in [5, 5.41) is 17.0. The Kier molecular flexibility index (Phi) is 7.89. The molecule has 0 aliphatic heterocycles. The number of aldehydes is 1. The molecule has 10 nitrogen and oxygen atoms in total. The first-order chi connectivity index (χ1) is 14.6. The van der Waals surface area contributed by atoms with Crippen LogP contribution >= 0.6 is 0 Å². The van der Waals surface area contributed by atoms with Crippen molar-refractivity contribution in [3.05, 3.63) is 36.0 Å². The number of carbonyl (C=O) groups is 5. The molecule has 0 fully saturated rings. The van der Waals surface area contributed by atoms with Crippen LogP contribution in [-0.2, 0) is 19.2 Å². The number of carboxylic acids is 1. The average Bonchev–Trinajstić information content (AvgIpc) is 3.14. The molecule has 5 N–H and O–H groups in total. The Labute approximate surface area is 178 Å². The van der Waals surface area contributed by atoms with E-state index in [-0.39, 0.29) is 5.92 Å². The normalized spacial score (nSPS) is 13.8. The lowest BCUT2D eigenvalue weighted by Gasteiger charge is -2.24. The minimum Gasteiger partial charge on any atom is -0.481 e.